The number of aromatic nitrogens is 1. The van der Waals surface area contributed by atoms with Gasteiger partial charge in [0, 0.05) is 17.5 Å². The van der Waals surface area contributed by atoms with Gasteiger partial charge in [0.2, 0.25) is 19.5 Å². The van der Waals surface area contributed by atoms with Crippen LogP contribution in [0.1, 0.15) is 33.1 Å². The molecule has 1 heterocycles. The zero-order chi connectivity index (χ0) is 18.4. The van der Waals surface area contributed by atoms with Crippen LogP contribution in [0, 0.1) is 21.4 Å². The van der Waals surface area contributed by atoms with Crippen LogP contribution in [0.15, 0.2) is 18.3 Å². The predicted octanol–water partition coefficient (Wildman–Crippen LogP) is 3.29. The van der Waals surface area contributed by atoms with Crippen LogP contribution >= 0.6 is 0 Å². The highest BCUT2D eigenvalue weighted by Crippen LogP contribution is 2.43. The van der Waals surface area contributed by atoms with E-state index in [4.69, 9.17) is 8.85 Å². The van der Waals surface area contributed by atoms with Crippen LogP contribution in [0.25, 0.3) is 0 Å². The van der Waals surface area contributed by atoms with Gasteiger partial charge in [-0.2, -0.15) is 0 Å². The van der Waals surface area contributed by atoms with Gasteiger partial charge in [-0.15, -0.1) is 0 Å². The van der Waals surface area contributed by atoms with Gasteiger partial charge in [-0.1, -0.05) is 13.8 Å². The van der Waals surface area contributed by atoms with Crippen molar-refractivity contribution in [2.24, 2.45) is 11.3 Å². The van der Waals surface area contributed by atoms with Crippen LogP contribution in [0.3, 0.4) is 0 Å². The second kappa shape index (κ2) is 8.88. The van der Waals surface area contributed by atoms with E-state index in [2.05, 4.69) is 24.1 Å². The Morgan fingerprint density at radius 2 is 2.00 bits per heavy atom. The summed E-state index contributed by atoms with van der Waals surface area (Å²) >= 11 is 0. The van der Waals surface area contributed by atoms with E-state index in [0.29, 0.717) is 37.3 Å². The Morgan fingerprint density at radius 1 is 1.32 bits per heavy atom. The summed E-state index contributed by atoms with van der Waals surface area (Å²) in [7, 11) is 0.809. The minimum Gasteiger partial charge on any atom is -0.394 e. The minimum absolute atomic E-state index is 0.00826. The molecule has 9 heteroatoms. The van der Waals surface area contributed by atoms with Crippen molar-refractivity contribution in [3.8, 4) is 0 Å². The van der Waals surface area contributed by atoms with Gasteiger partial charge >= 0.3 is 0 Å². The fraction of sp³-hybridized carbons (Fsp3) is 0.688. The third-order valence-corrected chi connectivity index (χ3v) is 5.75. The molecule has 25 heavy (non-hydrogen) atoms. The van der Waals surface area contributed by atoms with Crippen LogP contribution in [0.2, 0.25) is 13.1 Å². The lowest BCUT2D eigenvalue weighted by Crippen LogP contribution is -2.41. The van der Waals surface area contributed by atoms with Crippen LogP contribution in [-0.4, -0.2) is 41.8 Å². The summed E-state index contributed by atoms with van der Waals surface area (Å²) in [6, 6.07) is 3.46. The predicted molar refractivity (Wildman–Crippen MR) is 98.6 cm³/mol. The number of pyridine rings is 1. The molecule has 0 spiro atoms. The summed E-state index contributed by atoms with van der Waals surface area (Å²) in [5.41, 5.74) is -0.0559. The lowest BCUT2D eigenvalue weighted by molar-refractivity contribution is -0.385. The van der Waals surface area contributed by atoms with Crippen molar-refractivity contribution in [2.75, 3.05) is 5.32 Å². The van der Waals surface area contributed by atoms with Crippen molar-refractivity contribution in [3.63, 3.8) is 0 Å². The van der Waals surface area contributed by atoms with Crippen molar-refractivity contribution in [1.29, 1.82) is 0 Å². The van der Waals surface area contributed by atoms with E-state index in [1.54, 1.807) is 6.07 Å². The van der Waals surface area contributed by atoms with Crippen LogP contribution < -0.4 is 5.32 Å². The fourth-order valence-corrected chi connectivity index (χ4v) is 4.54. The van der Waals surface area contributed by atoms with Gasteiger partial charge in [0.1, 0.15) is 18.3 Å². The molecule has 7 nitrogen and oxygen atoms in total. The zero-order valence-corrected chi connectivity index (χ0v) is 17.1. The lowest BCUT2D eigenvalue weighted by Gasteiger charge is -2.39. The maximum absolute atomic E-state index is 10.7. The number of anilines is 1. The molecule has 1 aliphatic carbocycles. The second-order valence-corrected chi connectivity index (χ2v) is 8.10. The summed E-state index contributed by atoms with van der Waals surface area (Å²) in [6.45, 7) is 8.47. The molecule has 1 aromatic rings. The molecule has 0 saturated heterocycles. The molecular weight excluding hydrogens is 354 g/mol. The Bertz CT molecular complexity index is 565. The monoisotopic (exact) mass is 379 g/mol. The first kappa shape index (κ1) is 20.0. The number of nitrogens with one attached hydrogen (secondary N) is 1. The zero-order valence-electron chi connectivity index (χ0n) is 15.1. The average molecular weight is 380 g/mol. The third-order valence-electron chi connectivity index (χ3n) is 4.85. The first-order valence-electron chi connectivity index (χ1n) is 8.40. The standard InChI is InChI=1S/C16H25N3O4Si2/c1-16(2,15(22-24-3)23-25-4)11-5-6-12(9-11)18-14-8-7-13(10-17-14)19(20)21/h7-8,10-12,15H,5-6,9H2,1-4H3,(H,17,18)/t11-,12-/m0/s1. The molecule has 0 aromatic carbocycles. The first-order chi connectivity index (χ1) is 11.9. The Hall–Kier alpha value is -1.30. The van der Waals surface area contributed by atoms with Crippen LogP contribution in [0.5, 0.6) is 0 Å². The van der Waals surface area contributed by atoms with Crippen molar-refractivity contribution in [3.05, 3.63) is 28.4 Å². The van der Waals surface area contributed by atoms with Gasteiger partial charge in [0.15, 0.2) is 0 Å². The molecule has 1 aliphatic rings. The summed E-state index contributed by atoms with van der Waals surface area (Å²) in [4.78, 5) is 14.4. The maximum atomic E-state index is 10.7. The van der Waals surface area contributed by atoms with Crippen molar-refractivity contribution >= 4 is 31.0 Å². The van der Waals surface area contributed by atoms with Crippen molar-refractivity contribution in [2.45, 2.75) is 58.5 Å². The molecule has 1 N–H and O–H groups in total. The van der Waals surface area contributed by atoms with E-state index < -0.39 is 4.92 Å². The highest BCUT2D eigenvalue weighted by molar-refractivity contribution is 6.26. The Labute approximate surface area is 153 Å². The number of rotatable bonds is 9. The summed E-state index contributed by atoms with van der Waals surface area (Å²) in [6.07, 6.45) is 4.26. The van der Waals surface area contributed by atoms with Gasteiger partial charge in [-0.3, -0.25) is 10.1 Å². The lowest BCUT2D eigenvalue weighted by atomic mass is 9.77. The van der Waals surface area contributed by atoms with Gasteiger partial charge in [0.05, 0.1) is 4.92 Å². The molecule has 1 aromatic heterocycles. The average Bonchev–Trinajstić information content (AvgIpc) is 3.04. The largest absolute Gasteiger partial charge is 0.394 e. The molecule has 0 amide bonds. The molecule has 0 bridgehead atoms. The third kappa shape index (κ3) is 5.10. The Morgan fingerprint density at radius 3 is 2.52 bits per heavy atom. The Kier molecular flexibility index (Phi) is 7.11. The topological polar surface area (TPSA) is 86.5 Å². The van der Waals surface area contributed by atoms with E-state index in [0.717, 1.165) is 19.3 Å². The number of nitro groups is 1. The number of hydrogen-bond acceptors (Lipinski definition) is 6. The normalized spacial score (nSPS) is 20.8. The molecule has 2 atom stereocenters. The van der Waals surface area contributed by atoms with Crippen molar-refractivity contribution < 1.29 is 13.8 Å². The number of hydrogen-bond donors (Lipinski definition) is 1. The van der Waals surface area contributed by atoms with Gasteiger partial charge in [-0.05, 0) is 44.3 Å². The first-order valence-corrected chi connectivity index (χ1v) is 11.2. The highest BCUT2D eigenvalue weighted by Gasteiger charge is 2.42. The number of nitrogens with zero attached hydrogens (tertiary/aromatic N) is 2. The molecule has 0 aliphatic heterocycles. The molecule has 4 radical (unpaired) electrons. The molecule has 0 unspecified atom stereocenters. The van der Waals surface area contributed by atoms with Gasteiger partial charge in [-0.25, -0.2) is 4.98 Å². The summed E-state index contributed by atoms with van der Waals surface area (Å²) in [5.74, 6) is 1.17. The van der Waals surface area contributed by atoms with E-state index in [9.17, 15) is 10.1 Å². The molecule has 136 valence electrons. The second-order valence-electron chi connectivity index (χ2n) is 6.81. The highest BCUT2D eigenvalue weighted by atomic mass is 28.2. The Balaban J connectivity index is 1.96. The summed E-state index contributed by atoms with van der Waals surface area (Å²) < 4.78 is 11.7. The minimum atomic E-state index is -0.437. The summed E-state index contributed by atoms with van der Waals surface area (Å²) in [5, 5.41) is 14.1. The van der Waals surface area contributed by atoms with Crippen LogP contribution in [-0.2, 0) is 8.85 Å². The van der Waals surface area contributed by atoms with Crippen molar-refractivity contribution in [1.82, 2.24) is 4.98 Å². The molecule has 2 rings (SSSR count). The fourth-order valence-electron chi connectivity index (χ4n) is 3.31. The quantitative estimate of drug-likeness (QED) is 0.307. The maximum Gasteiger partial charge on any atom is 0.287 e. The van der Waals surface area contributed by atoms with Crippen LogP contribution in [0.4, 0.5) is 11.5 Å². The van der Waals surface area contributed by atoms with E-state index in [1.165, 1.54) is 12.3 Å². The van der Waals surface area contributed by atoms with Gasteiger partial charge in [0.25, 0.3) is 5.69 Å². The van der Waals surface area contributed by atoms with E-state index >= 15 is 0 Å². The SMILES string of the molecule is C[Si]OC(O[Si]C)C(C)(C)[C@H]1CC[C@H](Nc2ccc([N+](=O)[O-])cn2)C1. The smallest absolute Gasteiger partial charge is 0.287 e. The molecule has 1 saturated carbocycles. The molecule has 1 fully saturated rings. The molecular formula is C16H25N3O4Si2. The van der Waals surface area contributed by atoms with Gasteiger partial charge < -0.3 is 14.2 Å². The van der Waals surface area contributed by atoms with E-state index in [1.807, 2.05) is 13.1 Å². The van der Waals surface area contributed by atoms with E-state index in [-0.39, 0.29) is 17.4 Å².